The summed E-state index contributed by atoms with van der Waals surface area (Å²) in [7, 11) is 0. The fourth-order valence-corrected chi connectivity index (χ4v) is 1.02. The molecule has 3 heteroatoms. The fourth-order valence-electron chi connectivity index (χ4n) is 0.774. The second kappa shape index (κ2) is 6.21. The molecule has 16 heavy (non-hydrogen) atoms. The van der Waals surface area contributed by atoms with Crippen molar-refractivity contribution in [2.45, 2.75) is 40.2 Å². The molecule has 0 rings (SSSR count). The second-order valence-electron chi connectivity index (χ2n) is 4.17. The van der Waals surface area contributed by atoms with Crippen molar-refractivity contribution in [1.29, 1.82) is 0 Å². The molecule has 0 unspecified atom stereocenters. The van der Waals surface area contributed by atoms with E-state index in [1.807, 2.05) is 20.8 Å². The van der Waals surface area contributed by atoms with Gasteiger partial charge in [-0.3, -0.25) is 0 Å². The minimum absolute atomic E-state index is 0.668. The minimum atomic E-state index is -1.00. The van der Waals surface area contributed by atoms with Gasteiger partial charge >= 0.3 is 0 Å². The van der Waals surface area contributed by atoms with E-state index in [0.29, 0.717) is 5.70 Å². The molecule has 0 bridgehead atoms. The predicted octanol–water partition coefficient (Wildman–Crippen LogP) is 3.46. The van der Waals surface area contributed by atoms with Gasteiger partial charge in [0.25, 0.3) is 0 Å². The molecule has 0 fully saturated rings. The van der Waals surface area contributed by atoms with Crippen molar-refractivity contribution in [3.63, 3.8) is 0 Å². The zero-order chi connectivity index (χ0) is 12.9. The van der Waals surface area contributed by atoms with E-state index < -0.39 is 5.60 Å². The Bertz CT molecular complexity index is 396. The molecular weight excluding hydrogens is 313 g/mol. The molecule has 0 aliphatic heterocycles. The van der Waals surface area contributed by atoms with Gasteiger partial charge in [0.05, 0.1) is 3.72 Å². The van der Waals surface area contributed by atoms with Gasteiger partial charge in [-0.1, -0.05) is 18.1 Å². The van der Waals surface area contributed by atoms with Crippen LogP contribution in [0.25, 0.3) is 0 Å². The van der Waals surface area contributed by atoms with Crippen LogP contribution in [0.5, 0.6) is 0 Å². The van der Waals surface area contributed by atoms with Crippen LogP contribution in [0, 0.1) is 11.8 Å². The Hall–Kier alpha value is -0.600. The van der Waals surface area contributed by atoms with E-state index in [2.05, 4.69) is 46.0 Å². The number of aliphatic hydroxyl groups is 1. The third-order valence-electron chi connectivity index (χ3n) is 1.75. The number of rotatable bonds is 2. The number of hydrogen-bond donors (Lipinski definition) is 1. The Morgan fingerprint density at radius 2 is 1.81 bits per heavy atom. The maximum atomic E-state index is 9.55. The van der Waals surface area contributed by atoms with Crippen molar-refractivity contribution in [2.24, 2.45) is 4.99 Å². The van der Waals surface area contributed by atoms with Crippen LogP contribution in [-0.4, -0.2) is 14.4 Å². The van der Waals surface area contributed by atoms with Crippen LogP contribution in [0.4, 0.5) is 0 Å². The van der Waals surface area contributed by atoms with E-state index in [0.717, 1.165) is 14.9 Å². The molecule has 0 aromatic carbocycles. The first-order valence-electron chi connectivity index (χ1n) is 4.96. The van der Waals surface area contributed by atoms with E-state index in [9.17, 15) is 5.11 Å². The van der Waals surface area contributed by atoms with Gasteiger partial charge in [0.2, 0.25) is 0 Å². The summed E-state index contributed by atoms with van der Waals surface area (Å²) >= 11 is 2.13. The molecule has 0 aromatic rings. The minimum Gasteiger partial charge on any atom is -0.378 e. The van der Waals surface area contributed by atoms with Gasteiger partial charge in [-0.2, -0.15) is 0 Å². The Labute approximate surface area is 112 Å². The average Bonchev–Trinajstić information content (AvgIpc) is 2.08. The smallest absolute Gasteiger partial charge is 0.120 e. The average molecular weight is 331 g/mol. The van der Waals surface area contributed by atoms with E-state index in [4.69, 9.17) is 0 Å². The predicted molar refractivity (Wildman–Crippen MR) is 78.7 cm³/mol. The largest absolute Gasteiger partial charge is 0.378 e. The van der Waals surface area contributed by atoms with Crippen LogP contribution in [0.3, 0.4) is 0 Å². The van der Waals surface area contributed by atoms with Gasteiger partial charge in [-0.15, -0.1) is 0 Å². The third-order valence-corrected chi connectivity index (χ3v) is 1.99. The number of allylic oxidation sites excluding steroid dienone is 3. The lowest BCUT2D eigenvalue weighted by molar-refractivity contribution is 0.143. The topological polar surface area (TPSA) is 32.6 Å². The number of nitrogens with zero attached hydrogens (tertiary/aromatic N) is 1. The van der Waals surface area contributed by atoms with Crippen molar-refractivity contribution < 1.29 is 5.11 Å². The Kier molecular flexibility index (Phi) is 5.98. The number of aliphatic imine (C=N–C) groups is 1. The highest BCUT2D eigenvalue weighted by atomic mass is 127. The SMILES string of the molecule is C=C(C)/C(C)=C(C#CC(C)(C)O)/N=C(\C)I. The van der Waals surface area contributed by atoms with Gasteiger partial charge < -0.3 is 5.11 Å². The van der Waals surface area contributed by atoms with Crippen molar-refractivity contribution in [3.05, 3.63) is 23.4 Å². The highest BCUT2D eigenvalue weighted by Gasteiger charge is 2.07. The number of halogens is 1. The Morgan fingerprint density at radius 3 is 2.12 bits per heavy atom. The zero-order valence-corrected chi connectivity index (χ0v) is 12.6. The Morgan fingerprint density at radius 1 is 1.31 bits per heavy atom. The van der Waals surface area contributed by atoms with Crippen molar-refractivity contribution in [2.75, 3.05) is 0 Å². The van der Waals surface area contributed by atoms with Crippen molar-refractivity contribution in [3.8, 4) is 11.8 Å². The summed E-state index contributed by atoms with van der Waals surface area (Å²) in [4.78, 5) is 4.34. The molecule has 0 aliphatic rings. The molecule has 0 atom stereocenters. The van der Waals surface area contributed by atoms with Crippen molar-refractivity contribution >= 4 is 26.3 Å². The van der Waals surface area contributed by atoms with Gasteiger partial charge in [0.1, 0.15) is 11.3 Å². The Balaban J connectivity index is 5.45. The molecule has 1 N–H and O–H groups in total. The summed E-state index contributed by atoms with van der Waals surface area (Å²) in [6, 6.07) is 0. The van der Waals surface area contributed by atoms with Crippen LogP contribution < -0.4 is 0 Å². The van der Waals surface area contributed by atoms with Crippen molar-refractivity contribution in [1.82, 2.24) is 0 Å². The molecule has 0 saturated heterocycles. The van der Waals surface area contributed by atoms with Crippen LogP contribution in [0.15, 0.2) is 28.4 Å². The summed E-state index contributed by atoms with van der Waals surface area (Å²) in [5, 5.41) is 9.55. The van der Waals surface area contributed by atoms with E-state index in [1.165, 1.54) is 0 Å². The van der Waals surface area contributed by atoms with E-state index in [-0.39, 0.29) is 0 Å². The molecule has 0 aliphatic carbocycles. The molecule has 0 amide bonds. The summed E-state index contributed by atoms with van der Waals surface area (Å²) in [5.41, 5.74) is 1.55. The fraction of sp³-hybridized carbons (Fsp3) is 0.462. The van der Waals surface area contributed by atoms with Crippen LogP contribution >= 0.6 is 22.6 Å². The second-order valence-corrected chi connectivity index (χ2v) is 5.73. The van der Waals surface area contributed by atoms with Crippen LogP contribution in [0.1, 0.15) is 34.6 Å². The standard InChI is InChI=1S/C13H18INO/c1-9(2)10(3)12(15-11(4)14)7-8-13(5,6)16/h16H,1H2,2-6H3/b12-10+,15-11+. The van der Waals surface area contributed by atoms with Gasteiger partial charge in [-0.25, -0.2) is 4.99 Å². The zero-order valence-electron chi connectivity index (χ0n) is 10.5. The highest BCUT2D eigenvalue weighted by Crippen LogP contribution is 2.14. The first-order valence-corrected chi connectivity index (χ1v) is 6.04. The third kappa shape index (κ3) is 6.81. The first kappa shape index (κ1) is 15.4. The molecule has 2 nitrogen and oxygen atoms in total. The maximum absolute atomic E-state index is 9.55. The van der Waals surface area contributed by atoms with Gasteiger partial charge in [0, 0.05) is 0 Å². The molecule has 0 radical (unpaired) electrons. The summed E-state index contributed by atoms with van der Waals surface area (Å²) in [6.45, 7) is 12.9. The lowest BCUT2D eigenvalue weighted by Crippen LogP contribution is -2.14. The summed E-state index contributed by atoms with van der Waals surface area (Å²) < 4.78 is 0.901. The number of hydrogen-bond acceptors (Lipinski definition) is 2. The van der Waals surface area contributed by atoms with E-state index >= 15 is 0 Å². The molecular formula is C13H18INO. The summed E-state index contributed by atoms with van der Waals surface area (Å²) in [5.74, 6) is 5.66. The summed E-state index contributed by atoms with van der Waals surface area (Å²) in [6.07, 6.45) is 0. The highest BCUT2D eigenvalue weighted by molar-refractivity contribution is 14.1. The van der Waals surface area contributed by atoms with Gasteiger partial charge in [-0.05, 0) is 68.7 Å². The lowest BCUT2D eigenvalue weighted by Gasteiger charge is -2.07. The molecule has 0 spiro atoms. The molecule has 0 heterocycles. The van der Waals surface area contributed by atoms with Crippen LogP contribution in [0.2, 0.25) is 0 Å². The van der Waals surface area contributed by atoms with E-state index in [1.54, 1.807) is 13.8 Å². The quantitative estimate of drug-likeness (QED) is 0.357. The molecule has 0 saturated carbocycles. The normalized spacial score (nSPS) is 13.8. The maximum Gasteiger partial charge on any atom is 0.120 e. The monoisotopic (exact) mass is 331 g/mol. The molecule has 0 aromatic heterocycles. The van der Waals surface area contributed by atoms with Crippen LogP contribution in [-0.2, 0) is 0 Å². The lowest BCUT2D eigenvalue weighted by atomic mass is 10.1. The van der Waals surface area contributed by atoms with Gasteiger partial charge in [0.15, 0.2) is 0 Å². The molecule has 88 valence electrons. The first-order chi connectivity index (χ1) is 7.13.